The zero-order chi connectivity index (χ0) is 23.5. The van der Waals surface area contributed by atoms with Gasteiger partial charge in [-0.2, -0.15) is 0 Å². The van der Waals surface area contributed by atoms with Crippen LogP contribution < -0.4 is 31.9 Å². The fourth-order valence-electron chi connectivity index (χ4n) is 3.26. The first-order valence-electron chi connectivity index (χ1n) is 10.7. The van der Waals surface area contributed by atoms with E-state index in [1.165, 1.54) is 11.7 Å². The number of ether oxygens (including phenoxy) is 2. The minimum atomic E-state index is -0.623. The molecule has 0 spiro atoms. The fourth-order valence-corrected chi connectivity index (χ4v) is 3.26. The molecular weight excluding hydrogens is 414 g/mol. The van der Waals surface area contributed by atoms with Crippen molar-refractivity contribution in [2.75, 3.05) is 51.1 Å². The lowest BCUT2D eigenvalue weighted by molar-refractivity contribution is -0.119. The van der Waals surface area contributed by atoms with E-state index in [4.69, 9.17) is 15.2 Å². The Labute approximate surface area is 187 Å². The van der Waals surface area contributed by atoms with Gasteiger partial charge in [-0.15, -0.1) is 0 Å². The van der Waals surface area contributed by atoms with Crippen LogP contribution in [-0.2, 0) is 22.5 Å². The van der Waals surface area contributed by atoms with Crippen molar-refractivity contribution in [1.82, 2.24) is 14.9 Å². The summed E-state index contributed by atoms with van der Waals surface area (Å²) in [6.07, 6.45) is 2.25. The minimum absolute atomic E-state index is 0.0503. The van der Waals surface area contributed by atoms with E-state index in [0.29, 0.717) is 19.5 Å². The summed E-state index contributed by atoms with van der Waals surface area (Å²) >= 11 is 0. The number of anilines is 2. The van der Waals surface area contributed by atoms with Crippen LogP contribution in [0.2, 0.25) is 0 Å². The zero-order valence-electron chi connectivity index (χ0n) is 19.0. The highest BCUT2D eigenvalue weighted by atomic mass is 16.5. The number of methoxy groups -OCH3 is 2. The number of hydrogen-bond acceptors (Lipinski definition) is 7. The van der Waals surface area contributed by atoms with Crippen LogP contribution in [0.1, 0.15) is 25.3 Å². The minimum Gasteiger partial charge on any atom is -0.497 e. The SMILES string of the molecule is CCCCn1c(N)c(N(CCOC)CC(=O)NCCc2ccc(OC)cc2)c(=O)[nH]c1=O. The number of aromatic amines is 1. The maximum atomic E-state index is 12.6. The van der Waals surface area contributed by atoms with Gasteiger partial charge in [0.05, 0.1) is 20.3 Å². The van der Waals surface area contributed by atoms with Crippen LogP contribution in [0.25, 0.3) is 0 Å². The molecule has 1 aromatic carbocycles. The highest BCUT2D eigenvalue weighted by molar-refractivity contribution is 5.82. The predicted octanol–water partition coefficient (Wildman–Crippen LogP) is 0.739. The van der Waals surface area contributed by atoms with Gasteiger partial charge in [-0.05, 0) is 30.5 Å². The summed E-state index contributed by atoms with van der Waals surface area (Å²) in [5.74, 6) is 0.559. The molecule has 0 atom stereocenters. The lowest BCUT2D eigenvalue weighted by Gasteiger charge is -2.25. The van der Waals surface area contributed by atoms with Gasteiger partial charge < -0.3 is 25.4 Å². The summed E-state index contributed by atoms with van der Waals surface area (Å²) in [7, 11) is 3.14. The van der Waals surface area contributed by atoms with Crippen molar-refractivity contribution in [1.29, 1.82) is 0 Å². The third kappa shape index (κ3) is 6.88. The summed E-state index contributed by atoms with van der Waals surface area (Å²) in [6, 6.07) is 7.61. The first kappa shape index (κ1) is 25.0. The third-order valence-electron chi connectivity index (χ3n) is 5.06. The lowest BCUT2D eigenvalue weighted by atomic mass is 10.1. The van der Waals surface area contributed by atoms with E-state index in [0.717, 1.165) is 24.2 Å². The van der Waals surface area contributed by atoms with Crippen LogP contribution in [0, 0.1) is 0 Å². The average Bonchev–Trinajstić information content (AvgIpc) is 2.77. The largest absolute Gasteiger partial charge is 0.497 e. The van der Waals surface area contributed by atoms with E-state index in [2.05, 4.69) is 10.3 Å². The Morgan fingerprint density at radius 1 is 1.22 bits per heavy atom. The number of hydrogen-bond donors (Lipinski definition) is 3. The summed E-state index contributed by atoms with van der Waals surface area (Å²) in [5, 5.41) is 2.86. The first-order valence-corrected chi connectivity index (χ1v) is 10.7. The number of rotatable bonds is 13. The van der Waals surface area contributed by atoms with Gasteiger partial charge >= 0.3 is 5.69 Å². The van der Waals surface area contributed by atoms with Crippen LogP contribution in [-0.4, -0.2) is 55.9 Å². The van der Waals surface area contributed by atoms with Crippen molar-refractivity contribution in [2.45, 2.75) is 32.7 Å². The topological polar surface area (TPSA) is 132 Å². The third-order valence-corrected chi connectivity index (χ3v) is 5.06. The molecule has 10 nitrogen and oxygen atoms in total. The Kier molecular flexibility index (Phi) is 9.80. The smallest absolute Gasteiger partial charge is 0.330 e. The highest BCUT2D eigenvalue weighted by Crippen LogP contribution is 2.17. The molecule has 2 aromatic rings. The Morgan fingerprint density at radius 3 is 2.56 bits per heavy atom. The Bertz CT molecular complexity index is 984. The maximum absolute atomic E-state index is 12.6. The van der Waals surface area contributed by atoms with Crippen LogP contribution in [0.15, 0.2) is 33.9 Å². The Morgan fingerprint density at radius 2 is 1.94 bits per heavy atom. The average molecular weight is 448 g/mol. The molecule has 0 fully saturated rings. The van der Waals surface area contributed by atoms with E-state index >= 15 is 0 Å². The second-order valence-corrected chi connectivity index (χ2v) is 7.36. The molecule has 1 aromatic heterocycles. The molecular formula is C22H33N5O5. The molecule has 1 heterocycles. The van der Waals surface area contributed by atoms with Crippen LogP contribution >= 0.6 is 0 Å². The molecule has 0 radical (unpaired) electrons. The number of nitrogen functional groups attached to an aromatic ring is 1. The Hall–Kier alpha value is -3.27. The van der Waals surface area contributed by atoms with Crippen LogP contribution in [0.3, 0.4) is 0 Å². The molecule has 32 heavy (non-hydrogen) atoms. The van der Waals surface area contributed by atoms with Gasteiger partial charge in [0.2, 0.25) is 5.91 Å². The number of nitrogens with two attached hydrogens (primary N) is 1. The maximum Gasteiger partial charge on any atom is 0.330 e. The normalized spacial score (nSPS) is 10.7. The molecule has 0 bridgehead atoms. The second-order valence-electron chi connectivity index (χ2n) is 7.36. The van der Waals surface area contributed by atoms with Gasteiger partial charge in [-0.1, -0.05) is 25.5 Å². The molecule has 2 rings (SSSR count). The fraction of sp³-hybridized carbons (Fsp3) is 0.500. The summed E-state index contributed by atoms with van der Waals surface area (Å²) < 4.78 is 11.6. The molecule has 0 saturated carbocycles. The first-order chi connectivity index (χ1) is 15.4. The molecule has 1 amide bonds. The summed E-state index contributed by atoms with van der Waals surface area (Å²) in [6.45, 7) is 3.27. The summed E-state index contributed by atoms with van der Waals surface area (Å²) in [4.78, 5) is 41.2. The molecule has 0 unspecified atom stereocenters. The molecule has 4 N–H and O–H groups in total. The molecule has 176 valence electrons. The van der Waals surface area contributed by atoms with Gasteiger partial charge in [0.25, 0.3) is 5.56 Å². The number of carbonyl (C=O) groups excluding carboxylic acids is 1. The Balaban J connectivity index is 2.11. The van der Waals surface area contributed by atoms with Crippen LogP contribution in [0.5, 0.6) is 5.75 Å². The monoisotopic (exact) mass is 447 g/mol. The van der Waals surface area contributed by atoms with Crippen molar-refractivity contribution in [3.05, 3.63) is 50.7 Å². The molecule has 0 saturated heterocycles. The predicted molar refractivity (Wildman–Crippen MR) is 124 cm³/mol. The number of aromatic nitrogens is 2. The van der Waals surface area contributed by atoms with Crippen molar-refractivity contribution in [3.8, 4) is 5.75 Å². The van der Waals surface area contributed by atoms with Gasteiger partial charge in [0, 0.05) is 26.7 Å². The number of H-pyrrole nitrogens is 1. The van der Waals surface area contributed by atoms with E-state index in [-0.39, 0.29) is 37.1 Å². The number of amides is 1. The van der Waals surface area contributed by atoms with Gasteiger partial charge in [0.15, 0.2) is 0 Å². The molecule has 0 aliphatic carbocycles. The van der Waals surface area contributed by atoms with E-state index in [1.54, 1.807) is 12.0 Å². The van der Waals surface area contributed by atoms with E-state index in [1.807, 2.05) is 31.2 Å². The number of nitrogens with zero attached hydrogens (tertiary/aromatic N) is 2. The van der Waals surface area contributed by atoms with E-state index < -0.39 is 11.2 Å². The molecule has 0 aliphatic heterocycles. The number of nitrogens with one attached hydrogen (secondary N) is 2. The van der Waals surface area contributed by atoms with Crippen LogP contribution in [0.4, 0.5) is 11.5 Å². The highest BCUT2D eigenvalue weighted by Gasteiger charge is 2.21. The van der Waals surface area contributed by atoms with Gasteiger partial charge in [-0.25, -0.2) is 4.79 Å². The molecule has 10 heteroatoms. The van der Waals surface area contributed by atoms with Gasteiger partial charge in [0.1, 0.15) is 17.3 Å². The second kappa shape index (κ2) is 12.6. The number of unbranched alkanes of at least 4 members (excludes halogenated alkanes) is 1. The lowest BCUT2D eigenvalue weighted by Crippen LogP contribution is -2.44. The standard InChI is InChI=1S/C22H33N5O5/c1-4-5-12-27-20(23)19(21(29)25-22(27)30)26(13-14-31-2)15-18(28)24-11-10-16-6-8-17(32-3)9-7-16/h6-9H,4-5,10-15,23H2,1-3H3,(H,24,28)(H,25,29,30). The number of benzene rings is 1. The van der Waals surface area contributed by atoms with Gasteiger partial charge in [-0.3, -0.25) is 19.1 Å². The zero-order valence-corrected chi connectivity index (χ0v) is 19.0. The summed E-state index contributed by atoms with van der Waals surface area (Å²) in [5.41, 5.74) is 6.18. The van der Waals surface area contributed by atoms with Crippen molar-refractivity contribution >= 4 is 17.4 Å². The molecule has 0 aliphatic rings. The number of carbonyl (C=O) groups is 1. The van der Waals surface area contributed by atoms with Crippen molar-refractivity contribution in [3.63, 3.8) is 0 Å². The van der Waals surface area contributed by atoms with Crippen molar-refractivity contribution in [2.24, 2.45) is 0 Å². The van der Waals surface area contributed by atoms with E-state index in [9.17, 15) is 14.4 Å². The van der Waals surface area contributed by atoms with Crippen molar-refractivity contribution < 1.29 is 14.3 Å². The quantitative estimate of drug-likeness (QED) is 0.413.